The Morgan fingerprint density at radius 3 is 0.833 bits per heavy atom. The summed E-state index contributed by atoms with van der Waals surface area (Å²) in [4.78, 5) is 71.4. The van der Waals surface area contributed by atoms with Gasteiger partial charge in [0.1, 0.15) is 23.0 Å². The Balaban J connectivity index is 1.29. The van der Waals surface area contributed by atoms with Crippen LogP contribution in [-0.4, -0.2) is 92.9 Å². The third-order valence-corrected chi connectivity index (χ3v) is 11.6. The zero-order valence-electron chi connectivity index (χ0n) is 31.9. The van der Waals surface area contributed by atoms with Crippen LogP contribution in [0.3, 0.4) is 0 Å². The summed E-state index contributed by atoms with van der Waals surface area (Å²) in [6, 6.07) is 19.2. The van der Waals surface area contributed by atoms with Gasteiger partial charge in [-0.3, -0.25) is 0 Å². The Bertz CT molecular complexity index is 2170. The summed E-state index contributed by atoms with van der Waals surface area (Å²) in [6.07, 6.45) is 2.99. The summed E-state index contributed by atoms with van der Waals surface area (Å²) in [7, 11) is 0. The Morgan fingerprint density at radius 1 is 0.350 bits per heavy atom. The predicted molar refractivity (Wildman–Crippen MR) is 207 cm³/mol. The standard InChI is InChI=1S/C44H40O16/c45-35(46)25-3-1-5-31(9-25)57-21-41-15-42(22-58-32-6-2-4-26(10-32)36(47)48)18-43(16-41,23-59-33-11-27(37(49)50)7-28(12-33)38(51)52)20-44(17-41,19-42)24-60-34-13-29(39(53)54)8-30(14-34)40(55)56/h1-14H,15-24H2,(H,45,46)(H,47,48)(H,49,50)(H,51,52)(H,53,54)(H,55,56). The average Bonchev–Trinajstić information content (AvgIpc) is 3.20. The van der Waals surface area contributed by atoms with Gasteiger partial charge < -0.3 is 49.6 Å². The molecule has 4 aromatic carbocycles. The maximum absolute atomic E-state index is 12.0. The van der Waals surface area contributed by atoms with Crippen LogP contribution < -0.4 is 18.9 Å². The van der Waals surface area contributed by atoms with Crippen molar-refractivity contribution in [3.05, 3.63) is 118 Å². The minimum Gasteiger partial charge on any atom is -0.493 e. The second kappa shape index (κ2) is 15.6. The Labute approximate surface area is 341 Å². The number of hydrogen-bond acceptors (Lipinski definition) is 10. The highest BCUT2D eigenvalue weighted by Crippen LogP contribution is 2.74. The van der Waals surface area contributed by atoms with Crippen molar-refractivity contribution in [2.45, 2.75) is 38.5 Å². The Morgan fingerprint density at radius 2 is 0.583 bits per heavy atom. The lowest BCUT2D eigenvalue weighted by Crippen LogP contribution is -2.66. The number of ether oxygens (including phenoxy) is 4. The SMILES string of the molecule is O=C(O)c1cccc(OCC23CC4(COc5cccc(C(=O)O)c5)CC(COc5cc(C(=O)O)cc(C(=O)O)c5)(C2)CC(COc2cc(C(=O)O)cc(C(=O)O)c2)(C3)C4)c1. The lowest BCUT2D eigenvalue weighted by molar-refractivity contribution is -0.231. The predicted octanol–water partition coefficient (Wildman–Crippen LogP) is 6.82. The van der Waals surface area contributed by atoms with Crippen LogP contribution in [-0.2, 0) is 0 Å². The van der Waals surface area contributed by atoms with Crippen LogP contribution in [0.5, 0.6) is 23.0 Å². The molecule has 0 atom stereocenters. The molecule has 4 fully saturated rings. The molecule has 0 heterocycles. The van der Waals surface area contributed by atoms with Crippen LogP contribution in [0.15, 0.2) is 84.9 Å². The normalized spacial score (nSPS) is 23.6. The first-order valence-electron chi connectivity index (χ1n) is 18.8. The molecular formula is C44H40O16. The molecule has 4 saturated carbocycles. The first-order chi connectivity index (χ1) is 28.4. The van der Waals surface area contributed by atoms with Gasteiger partial charge in [-0.2, -0.15) is 0 Å². The van der Waals surface area contributed by atoms with E-state index in [9.17, 15) is 59.4 Å². The third kappa shape index (κ3) is 8.67. The largest absolute Gasteiger partial charge is 0.493 e. The van der Waals surface area contributed by atoms with Crippen molar-refractivity contribution in [1.82, 2.24) is 0 Å². The molecule has 0 amide bonds. The second-order valence-electron chi connectivity index (χ2n) is 16.6. The molecule has 16 heteroatoms. The van der Waals surface area contributed by atoms with Crippen molar-refractivity contribution in [2.24, 2.45) is 21.7 Å². The summed E-state index contributed by atoms with van der Waals surface area (Å²) in [5, 5.41) is 58.3. The highest BCUT2D eigenvalue weighted by atomic mass is 16.5. The van der Waals surface area contributed by atoms with Gasteiger partial charge in [0.25, 0.3) is 0 Å². The minimum absolute atomic E-state index is 0.0129. The molecule has 16 nitrogen and oxygen atoms in total. The van der Waals surface area contributed by atoms with Gasteiger partial charge in [-0.25, -0.2) is 28.8 Å². The van der Waals surface area contributed by atoms with Gasteiger partial charge in [0.05, 0.1) is 59.8 Å². The molecule has 0 saturated heterocycles. The monoisotopic (exact) mass is 824 g/mol. The molecular weight excluding hydrogens is 784 g/mol. The maximum Gasteiger partial charge on any atom is 0.335 e. The van der Waals surface area contributed by atoms with E-state index in [1.807, 2.05) is 0 Å². The van der Waals surface area contributed by atoms with Crippen LogP contribution in [0.1, 0.15) is 101 Å². The van der Waals surface area contributed by atoms with Gasteiger partial charge in [0, 0.05) is 21.7 Å². The number of benzene rings is 4. The van der Waals surface area contributed by atoms with E-state index in [-0.39, 0.29) is 71.3 Å². The highest BCUT2D eigenvalue weighted by Gasteiger charge is 2.69. The fraction of sp³-hybridized carbons (Fsp3) is 0.318. The fourth-order valence-electron chi connectivity index (χ4n) is 10.4. The Hall–Kier alpha value is -7.10. The zero-order chi connectivity index (χ0) is 43.0. The van der Waals surface area contributed by atoms with Gasteiger partial charge in [-0.15, -0.1) is 0 Å². The summed E-state index contributed by atoms with van der Waals surface area (Å²) in [5.41, 5.74) is -3.89. The van der Waals surface area contributed by atoms with E-state index in [4.69, 9.17) is 18.9 Å². The molecule has 8 rings (SSSR count). The smallest absolute Gasteiger partial charge is 0.335 e. The zero-order valence-corrected chi connectivity index (χ0v) is 31.9. The van der Waals surface area contributed by atoms with E-state index in [2.05, 4.69) is 0 Å². The van der Waals surface area contributed by atoms with E-state index >= 15 is 0 Å². The van der Waals surface area contributed by atoms with Crippen molar-refractivity contribution in [3.63, 3.8) is 0 Å². The van der Waals surface area contributed by atoms with Crippen LogP contribution in [0, 0.1) is 21.7 Å². The van der Waals surface area contributed by atoms with Gasteiger partial charge in [0.2, 0.25) is 0 Å². The third-order valence-electron chi connectivity index (χ3n) is 11.6. The summed E-state index contributed by atoms with van der Waals surface area (Å²) >= 11 is 0. The molecule has 60 heavy (non-hydrogen) atoms. The van der Waals surface area contributed by atoms with Crippen molar-refractivity contribution >= 4 is 35.8 Å². The van der Waals surface area contributed by atoms with Crippen LogP contribution in [0.4, 0.5) is 0 Å². The molecule has 0 spiro atoms. The summed E-state index contributed by atoms with van der Waals surface area (Å²) in [6.45, 7) is 0.179. The number of carbonyl (C=O) groups is 6. The molecule has 0 unspecified atom stereocenters. The lowest BCUT2D eigenvalue weighted by atomic mass is 9.36. The van der Waals surface area contributed by atoms with Crippen LogP contribution in [0.2, 0.25) is 0 Å². The molecule has 4 bridgehead atoms. The fourth-order valence-corrected chi connectivity index (χ4v) is 10.4. The minimum atomic E-state index is -1.35. The van der Waals surface area contributed by atoms with Crippen molar-refractivity contribution in [1.29, 1.82) is 0 Å². The number of rotatable bonds is 18. The second-order valence-corrected chi connectivity index (χ2v) is 16.6. The first-order valence-corrected chi connectivity index (χ1v) is 18.8. The summed E-state index contributed by atoms with van der Waals surface area (Å²) in [5.74, 6) is -7.00. The number of carboxylic acids is 6. The molecule has 312 valence electrons. The van der Waals surface area contributed by atoms with E-state index in [1.54, 1.807) is 24.3 Å². The number of carboxylic acid groups (broad SMARTS) is 6. The quantitative estimate of drug-likeness (QED) is 0.0601. The first kappa shape index (κ1) is 41.1. The molecule has 0 aliphatic heterocycles. The Kier molecular flexibility index (Phi) is 10.7. The number of hydrogen-bond donors (Lipinski definition) is 6. The molecule has 6 N–H and O–H groups in total. The topological polar surface area (TPSA) is 261 Å². The lowest BCUT2D eigenvalue weighted by Gasteiger charge is -2.70. The van der Waals surface area contributed by atoms with Gasteiger partial charge in [0.15, 0.2) is 0 Å². The van der Waals surface area contributed by atoms with Gasteiger partial charge in [-0.1, -0.05) is 12.1 Å². The van der Waals surface area contributed by atoms with Gasteiger partial charge in [-0.05, 0) is 111 Å². The summed E-state index contributed by atoms with van der Waals surface area (Å²) < 4.78 is 25.5. The van der Waals surface area contributed by atoms with E-state index in [0.29, 0.717) is 50.0 Å². The molecule has 0 aromatic heterocycles. The van der Waals surface area contributed by atoms with E-state index in [1.165, 1.54) is 48.5 Å². The molecule has 4 aliphatic carbocycles. The highest BCUT2D eigenvalue weighted by molar-refractivity contribution is 5.95. The van der Waals surface area contributed by atoms with Gasteiger partial charge >= 0.3 is 35.8 Å². The molecule has 4 aromatic rings. The molecule has 4 aliphatic rings. The van der Waals surface area contributed by atoms with E-state index in [0.717, 1.165) is 12.1 Å². The average molecular weight is 825 g/mol. The van der Waals surface area contributed by atoms with Crippen molar-refractivity contribution in [2.75, 3.05) is 26.4 Å². The maximum atomic E-state index is 12.0. The van der Waals surface area contributed by atoms with Crippen LogP contribution in [0.25, 0.3) is 0 Å². The number of aromatic carboxylic acids is 6. The van der Waals surface area contributed by atoms with Crippen LogP contribution >= 0.6 is 0 Å². The van der Waals surface area contributed by atoms with E-state index < -0.39 is 57.5 Å². The van der Waals surface area contributed by atoms with Crippen molar-refractivity contribution < 1.29 is 78.4 Å². The molecule has 0 radical (unpaired) electrons. The van der Waals surface area contributed by atoms with Crippen molar-refractivity contribution in [3.8, 4) is 23.0 Å².